The molecule has 7 heteroatoms. The van der Waals surface area contributed by atoms with Crippen molar-refractivity contribution < 1.29 is 9.59 Å². The number of aryl methyl sites for hydroxylation is 2. The molecule has 1 saturated heterocycles. The highest BCUT2D eigenvalue weighted by molar-refractivity contribution is 5.96. The number of likely N-dealkylation sites (tertiary alicyclic amines) is 1. The molecule has 1 aromatic heterocycles. The van der Waals surface area contributed by atoms with E-state index in [-0.39, 0.29) is 17.9 Å². The first-order valence-corrected chi connectivity index (χ1v) is 9.44. The van der Waals surface area contributed by atoms with Crippen LogP contribution in [-0.4, -0.2) is 46.7 Å². The summed E-state index contributed by atoms with van der Waals surface area (Å²) in [5, 5.41) is 12.7. The van der Waals surface area contributed by atoms with Gasteiger partial charge in [-0.15, -0.1) is 0 Å². The molecule has 7 nitrogen and oxygen atoms in total. The topological polar surface area (TPSA) is 90.1 Å². The van der Waals surface area contributed by atoms with Crippen molar-refractivity contribution in [3.05, 3.63) is 46.8 Å². The molecule has 1 aromatic carbocycles. The molecule has 1 aliphatic heterocycles. The lowest BCUT2D eigenvalue weighted by Crippen LogP contribution is -2.39. The van der Waals surface area contributed by atoms with Crippen molar-refractivity contribution in [2.45, 2.75) is 39.5 Å². The number of piperidine rings is 1. The first-order chi connectivity index (χ1) is 13.0. The Labute approximate surface area is 159 Å². The van der Waals surface area contributed by atoms with Crippen molar-refractivity contribution in [2.24, 2.45) is 0 Å². The first kappa shape index (κ1) is 18.9. The van der Waals surface area contributed by atoms with Crippen molar-refractivity contribution in [3.63, 3.8) is 0 Å². The molecule has 0 spiro atoms. The molecule has 27 heavy (non-hydrogen) atoms. The number of rotatable bonds is 4. The molecule has 2 aromatic rings. The predicted octanol–water partition coefficient (Wildman–Crippen LogP) is 3.19. The fraction of sp³-hybridized carbons (Fsp3) is 0.450. The van der Waals surface area contributed by atoms with E-state index in [4.69, 9.17) is 0 Å². The fourth-order valence-corrected chi connectivity index (χ4v) is 3.57. The van der Waals surface area contributed by atoms with Crippen molar-refractivity contribution in [1.82, 2.24) is 20.4 Å². The van der Waals surface area contributed by atoms with Gasteiger partial charge in [-0.1, -0.05) is 17.7 Å². The van der Waals surface area contributed by atoms with Crippen LogP contribution in [0.4, 0.5) is 10.5 Å². The molecule has 1 aliphatic rings. The third kappa shape index (κ3) is 4.30. The Kier molecular flexibility index (Phi) is 5.78. The molecule has 0 saturated carbocycles. The van der Waals surface area contributed by atoms with Crippen molar-refractivity contribution in [1.29, 1.82) is 0 Å². The highest BCUT2D eigenvalue weighted by Crippen LogP contribution is 2.31. The maximum Gasteiger partial charge on any atom is 0.319 e. The Balaban J connectivity index is 1.75. The lowest BCUT2D eigenvalue weighted by Gasteiger charge is -2.33. The van der Waals surface area contributed by atoms with E-state index >= 15 is 0 Å². The maximum absolute atomic E-state index is 13.1. The van der Waals surface area contributed by atoms with E-state index in [9.17, 15) is 9.59 Å². The van der Waals surface area contributed by atoms with E-state index in [1.165, 1.54) is 0 Å². The number of nitrogens with one attached hydrogen (secondary N) is 3. The van der Waals surface area contributed by atoms with E-state index in [1.807, 2.05) is 43.9 Å². The van der Waals surface area contributed by atoms with Crippen LogP contribution in [0.25, 0.3) is 0 Å². The van der Waals surface area contributed by atoms with Crippen LogP contribution in [0.15, 0.2) is 24.4 Å². The van der Waals surface area contributed by atoms with Crippen molar-refractivity contribution >= 4 is 17.6 Å². The number of aromatic amines is 1. The zero-order valence-corrected chi connectivity index (χ0v) is 16.1. The molecule has 3 N–H and O–H groups in total. The van der Waals surface area contributed by atoms with E-state index in [1.54, 1.807) is 6.20 Å². The number of H-pyrrole nitrogens is 1. The van der Waals surface area contributed by atoms with Gasteiger partial charge in [-0.25, -0.2) is 4.79 Å². The molecule has 1 fully saturated rings. The number of aromatic nitrogens is 2. The van der Waals surface area contributed by atoms with Crippen LogP contribution in [0.1, 0.15) is 52.9 Å². The number of urea groups is 1. The van der Waals surface area contributed by atoms with E-state index in [2.05, 4.69) is 20.8 Å². The Bertz CT molecular complexity index is 830. The Morgan fingerprint density at radius 1 is 1.33 bits per heavy atom. The Hall–Kier alpha value is -2.83. The molecule has 0 bridgehead atoms. The molecular formula is C20H27N5O2. The van der Waals surface area contributed by atoms with Crippen molar-refractivity contribution in [3.8, 4) is 0 Å². The van der Waals surface area contributed by atoms with Gasteiger partial charge >= 0.3 is 6.03 Å². The number of carbonyl (C=O) groups is 2. The Morgan fingerprint density at radius 2 is 2.15 bits per heavy atom. The van der Waals surface area contributed by atoms with Gasteiger partial charge < -0.3 is 15.5 Å². The highest BCUT2D eigenvalue weighted by Gasteiger charge is 2.29. The van der Waals surface area contributed by atoms with Gasteiger partial charge in [0.2, 0.25) is 0 Å². The summed E-state index contributed by atoms with van der Waals surface area (Å²) in [6.45, 7) is 7.75. The minimum atomic E-state index is -0.251. The molecule has 0 unspecified atom stereocenters. The molecule has 3 amide bonds. The van der Waals surface area contributed by atoms with Crippen LogP contribution in [0.5, 0.6) is 0 Å². The molecule has 0 aliphatic carbocycles. The SMILES string of the molecule is CCNC(=O)Nc1cn[nH]c1[C@@H]1CCCN(C(=O)c2cc(C)ccc2C)C1. The zero-order valence-electron chi connectivity index (χ0n) is 16.1. The highest BCUT2D eigenvalue weighted by atomic mass is 16.2. The largest absolute Gasteiger partial charge is 0.338 e. The molecular weight excluding hydrogens is 342 g/mol. The van der Waals surface area contributed by atoms with Crippen LogP contribution in [0.2, 0.25) is 0 Å². The second kappa shape index (κ2) is 8.24. The zero-order chi connectivity index (χ0) is 19.4. The molecule has 0 radical (unpaired) electrons. The smallest absolute Gasteiger partial charge is 0.319 e. The quantitative estimate of drug-likeness (QED) is 0.773. The summed E-state index contributed by atoms with van der Waals surface area (Å²) in [5.41, 5.74) is 4.39. The second-order valence-corrected chi connectivity index (χ2v) is 7.09. The van der Waals surface area contributed by atoms with Gasteiger partial charge in [0.25, 0.3) is 5.91 Å². The van der Waals surface area contributed by atoms with E-state index in [0.717, 1.165) is 41.8 Å². The van der Waals surface area contributed by atoms with Gasteiger partial charge in [-0.2, -0.15) is 5.10 Å². The van der Waals surface area contributed by atoms with Gasteiger partial charge in [0.1, 0.15) is 0 Å². The third-order valence-electron chi connectivity index (χ3n) is 4.99. The summed E-state index contributed by atoms with van der Waals surface area (Å²) in [7, 11) is 0. The van der Waals surface area contributed by atoms with Crippen LogP contribution < -0.4 is 10.6 Å². The fourth-order valence-electron chi connectivity index (χ4n) is 3.57. The summed E-state index contributed by atoms with van der Waals surface area (Å²) in [6.07, 6.45) is 3.49. The predicted molar refractivity (Wildman–Crippen MR) is 105 cm³/mol. The molecule has 3 rings (SSSR count). The number of amides is 3. The normalized spacial score (nSPS) is 16.9. The maximum atomic E-state index is 13.1. The monoisotopic (exact) mass is 369 g/mol. The van der Waals surface area contributed by atoms with Gasteiger partial charge in [0.15, 0.2) is 0 Å². The average Bonchev–Trinajstić information content (AvgIpc) is 3.11. The summed E-state index contributed by atoms with van der Waals surface area (Å²) < 4.78 is 0. The van der Waals surface area contributed by atoms with Gasteiger partial charge in [-0.05, 0) is 45.2 Å². The number of nitrogens with zero attached hydrogens (tertiary/aromatic N) is 2. The number of benzene rings is 1. The van der Waals surface area contributed by atoms with Crippen LogP contribution >= 0.6 is 0 Å². The van der Waals surface area contributed by atoms with Crippen LogP contribution in [-0.2, 0) is 0 Å². The second-order valence-electron chi connectivity index (χ2n) is 7.09. The number of anilines is 1. The number of hydrogen-bond donors (Lipinski definition) is 3. The minimum absolute atomic E-state index is 0.0682. The molecule has 2 heterocycles. The molecule has 144 valence electrons. The van der Waals surface area contributed by atoms with Crippen LogP contribution in [0.3, 0.4) is 0 Å². The minimum Gasteiger partial charge on any atom is -0.338 e. The lowest BCUT2D eigenvalue weighted by molar-refractivity contribution is 0.0705. The average molecular weight is 369 g/mol. The summed E-state index contributed by atoms with van der Waals surface area (Å²) in [5.74, 6) is 0.186. The van der Waals surface area contributed by atoms with E-state index < -0.39 is 0 Å². The van der Waals surface area contributed by atoms with Crippen LogP contribution in [0, 0.1) is 13.8 Å². The first-order valence-electron chi connectivity index (χ1n) is 9.44. The van der Waals surface area contributed by atoms with Gasteiger partial charge in [0, 0.05) is 31.1 Å². The van der Waals surface area contributed by atoms with E-state index in [0.29, 0.717) is 18.8 Å². The number of carbonyl (C=O) groups excluding carboxylic acids is 2. The summed E-state index contributed by atoms with van der Waals surface area (Å²) in [6, 6.07) is 5.72. The lowest BCUT2D eigenvalue weighted by atomic mass is 9.93. The number of hydrogen-bond acceptors (Lipinski definition) is 3. The third-order valence-corrected chi connectivity index (χ3v) is 4.99. The summed E-state index contributed by atoms with van der Waals surface area (Å²) >= 11 is 0. The standard InChI is InChI=1S/C20H27N5O2/c1-4-21-20(27)23-17-11-22-24-18(17)15-6-5-9-25(12-15)19(26)16-10-13(2)7-8-14(16)3/h7-8,10-11,15H,4-6,9,12H2,1-3H3,(H,22,24)(H2,21,23,27)/t15-/m1/s1. The van der Waals surface area contributed by atoms with Crippen molar-refractivity contribution in [2.75, 3.05) is 25.0 Å². The molecule has 1 atom stereocenters. The van der Waals surface area contributed by atoms with Gasteiger partial charge in [0.05, 0.1) is 17.6 Å². The summed E-state index contributed by atoms with van der Waals surface area (Å²) in [4.78, 5) is 26.8. The van der Waals surface area contributed by atoms with Gasteiger partial charge in [-0.3, -0.25) is 9.89 Å². The Morgan fingerprint density at radius 3 is 2.93 bits per heavy atom.